The lowest BCUT2D eigenvalue weighted by atomic mass is 10.2. The van der Waals surface area contributed by atoms with Gasteiger partial charge in [0.2, 0.25) is 0 Å². The Morgan fingerprint density at radius 1 is 1.12 bits per heavy atom. The van der Waals surface area contributed by atoms with E-state index in [2.05, 4.69) is 4.72 Å². The van der Waals surface area contributed by atoms with Crippen molar-refractivity contribution in [2.24, 2.45) is 0 Å². The number of nitrogens with one attached hydrogen (secondary N) is 1. The number of sulfonamides is 1. The smallest absolute Gasteiger partial charge is 0.340 e. The highest BCUT2D eigenvalue weighted by molar-refractivity contribution is 7.92. The van der Waals surface area contributed by atoms with Crippen LogP contribution in [0, 0.1) is 5.82 Å². The van der Waals surface area contributed by atoms with Crippen molar-refractivity contribution in [3.05, 3.63) is 47.8 Å². The van der Waals surface area contributed by atoms with Gasteiger partial charge in [-0.25, -0.2) is 17.6 Å². The normalized spacial score (nSPS) is 13.4. The van der Waals surface area contributed by atoms with E-state index in [1.165, 1.54) is 30.3 Å². The standard InChI is InChI=1S/C15H12FNO6S/c16-10-2-1-3-11(14(10)15(18)19)17-24(20,21)9-4-5-12-13(8-9)23-7-6-22-12/h1-5,8,17H,6-7H2,(H,18,19). The van der Waals surface area contributed by atoms with Crippen molar-refractivity contribution in [1.29, 1.82) is 0 Å². The molecule has 1 heterocycles. The van der Waals surface area contributed by atoms with Crippen LogP contribution in [-0.4, -0.2) is 32.7 Å². The molecule has 7 nitrogen and oxygen atoms in total. The van der Waals surface area contributed by atoms with Gasteiger partial charge in [-0.2, -0.15) is 0 Å². The third-order valence-corrected chi connectivity index (χ3v) is 4.66. The van der Waals surface area contributed by atoms with Crippen LogP contribution in [-0.2, 0) is 10.0 Å². The summed E-state index contributed by atoms with van der Waals surface area (Å²) in [6, 6.07) is 7.30. The Morgan fingerprint density at radius 3 is 2.54 bits per heavy atom. The minimum Gasteiger partial charge on any atom is -0.486 e. The highest BCUT2D eigenvalue weighted by Gasteiger charge is 2.23. The molecule has 1 aliphatic rings. The molecule has 2 aromatic carbocycles. The van der Waals surface area contributed by atoms with Crippen molar-refractivity contribution in [3.63, 3.8) is 0 Å². The summed E-state index contributed by atoms with van der Waals surface area (Å²) in [5.74, 6) is -1.93. The molecule has 0 radical (unpaired) electrons. The molecule has 2 N–H and O–H groups in total. The SMILES string of the molecule is O=C(O)c1c(F)cccc1NS(=O)(=O)c1ccc2c(c1)OCCO2. The zero-order chi connectivity index (χ0) is 17.3. The zero-order valence-corrected chi connectivity index (χ0v) is 13.0. The Bertz CT molecular complexity index is 912. The maximum absolute atomic E-state index is 13.7. The highest BCUT2D eigenvalue weighted by atomic mass is 32.2. The molecule has 3 rings (SSSR count). The molecule has 1 aliphatic heterocycles. The predicted octanol–water partition coefficient (Wildman–Crippen LogP) is 2.10. The molecule has 24 heavy (non-hydrogen) atoms. The summed E-state index contributed by atoms with van der Waals surface area (Å²) < 4.78 is 51.3. The van der Waals surface area contributed by atoms with Crippen molar-refractivity contribution >= 4 is 21.7 Å². The van der Waals surface area contributed by atoms with Crippen LogP contribution < -0.4 is 14.2 Å². The summed E-state index contributed by atoms with van der Waals surface area (Å²) in [4.78, 5) is 11.0. The van der Waals surface area contributed by atoms with E-state index < -0.39 is 27.4 Å². The summed E-state index contributed by atoms with van der Waals surface area (Å²) in [7, 11) is -4.14. The number of fused-ring (bicyclic) bond motifs is 1. The zero-order valence-electron chi connectivity index (χ0n) is 12.2. The maximum atomic E-state index is 13.7. The van der Waals surface area contributed by atoms with Gasteiger partial charge in [-0.1, -0.05) is 6.07 Å². The van der Waals surface area contributed by atoms with E-state index in [1.807, 2.05) is 0 Å². The maximum Gasteiger partial charge on any atom is 0.340 e. The van der Waals surface area contributed by atoms with E-state index in [1.54, 1.807) is 0 Å². The number of carboxylic acids is 1. The molecule has 2 aromatic rings. The first kappa shape index (κ1) is 16.1. The molecule has 0 atom stereocenters. The molecule has 0 aromatic heterocycles. The lowest BCUT2D eigenvalue weighted by molar-refractivity contribution is 0.0693. The fraction of sp³-hybridized carbons (Fsp3) is 0.133. The average Bonchev–Trinajstić information content (AvgIpc) is 2.53. The Kier molecular flexibility index (Phi) is 4.02. The Hall–Kier alpha value is -2.81. The van der Waals surface area contributed by atoms with Crippen molar-refractivity contribution in [2.45, 2.75) is 4.90 Å². The quantitative estimate of drug-likeness (QED) is 0.873. The monoisotopic (exact) mass is 353 g/mol. The number of hydrogen-bond donors (Lipinski definition) is 2. The first-order chi connectivity index (χ1) is 11.4. The van der Waals surface area contributed by atoms with Gasteiger partial charge in [-0.3, -0.25) is 4.72 Å². The van der Waals surface area contributed by atoms with Gasteiger partial charge in [-0.05, 0) is 24.3 Å². The van der Waals surface area contributed by atoms with Crippen LogP contribution in [0.15, 0.2) is 41.3 Å². The van der Waals surface area contributed by atoms with Gasteiger partial charge < -0.3 is 14.6 Å². The predicted molar refractivity (Wildman–Crippen MR) is 81.6 cm³/mol. The summed E-state index contributed by atoms with van der Waals surface area (Å²) in [6.45, 7) is 0.652. The Labute approximate surface area is 136 Å². The minimum absolute atomic E-state index is 0.160. The molecule has 0 saturated heterocycles. The number of hydrogen-bond acceptors (Lipinski definition) is 5. The first-order valence-electron chi connectivity index (χ1n) is 6.83. The number of carbonyl (C=O) groups is 1. The van der Waals surface area contributed by atoms with Crippen LogP contribution in [0.2, 0.25) is 0 Å². The van der Waals surface area contributed by atoms with Crippen LogP contribution in [0.5, 0.6) is 11.5 Å². The largest absolute Gasteiger partial charge is 0.486 e. The number of benzene rings is 2. The van der Waals surface area contributed by atoms with Gasteiger partial charge in [0.15, 0.2) is 11.5 Å². The summed E-state index contributed by atoms with van der Waals surface area (Å²) >= 11 is 0. The topological polar surface area (TPSA) is 102 Å². The molecule has 0 fully saturated rings. The van der Waals surface area contributed by atoms with Gasteiger partial charge >= 0.3 is 5.97 Å². The fourth-order valence-corrected chi connectivity index (χ4v) is 3.31. The number of anilines is 1. The lowest BCUT2D eigenvalue weighted by Gasteiger charge is -2.19. The second-order valence-corrected chi connectivity index (χ2v) is 6.56. The number of aromatic carboxylic acids is 1. The molecular formula is C15H12FNO6S. The van der Waals surface area contributed by atoms with Gasteiger partial charge in [0.25, 0.3) is 10.0 Å². The van der Waals surface area contributed by atoms with E-state index >= 15 is 0 Å². The average molecular weight is 353 g/mol. The van der Waals surface area contributed by atoms with Crippen molar-refractivity contribution in [3.8, 4) is 11.5 Å². The molecule has 0 bridgehead atoms. The molecule has 0 spiro atoms. The third kappa shape index (κ3) is 2.98. The molecule has 126 valence electrons. The van der Waals surface area contributed by atoms with E-state index in [0.717, 1.165) is 6.07 Å². The second-order valence-electron chi connectivity index (χ2n) is 4.88. The Morgan fingerprint density at radius 2 is 1.83 bits per heavy atom. The van der Waals surface area contributed by atoms with Gasteiger partial charge in [0.05, 0.1) is 10.6 Å². The highest BCUT2D eigenvalue weighted by Crippen LogP contribution is 2.33. The summed E-state index contributed by atoms with van der Waals surface area (Å²) in [6.07, 6.45) is 0. The molecule has 0 aliphatic carbocycles. The summed E-state index contributed by atoms with van der Waals surface area (Å²) in [5.41, 5.74) is -1.11. The minimum atomic E-state index is -4.14. The van der Waals surface area contributed by atoms with E-state index in [-0.39, 0.29) is 22.9 Å². The van der Waals surface area contributed by atoms with Crippen LogP contribution in [0.1, 0.15) is 10.4 Å². The molecular weight excluding hydrogens is 341 g/mol. The Balaban J connectivity index is 1.98. The molecule has 0 amide bonds. The van der Waals surface area contributed by atoms with Crippen molar-refractivity contribution in [2.75, 3.05) is 17.9 Å². The lowest BCUT2D eigenvalue weighted by Crippen LogP contribution is -2.18. The number of ether oxygens (including phenoxy) is 2. The van der Waals surface area contributed by atoms with Crippen molar-refractivity contribution < 1.29 is 32.2 Å². The second kappa shape index (κ2) is 6.00. The van der Waals surface area contributed by atoms with Crippen LogP contribution in [0.3, 0.4) is 0 Å². The first-order valence-corrected chi connectivity index (χ1v) is 8.31. The van der Waals surface area contributed by atoms with Gasteiger partial charge in [0.1, 0.15) is 24.6 Å². The van der Waals surface area contributed by atoms with Gasteiger partial charge in [-0.15, -0.1) is 0 Å². The van der Waals surface area contributed by atoms with Crippen LogP contribution in [0.25, 0.3) is 0 Å². The van der Waals surface area contributed by atoms with Gasteiger partial charge in [0, 0.05) is 6.07 Å². The molecule has 0 saturated carbocycles. The van der Waals surface area contributed by atoms with E-state index in [4.69, 9.17) is 14.6 Å². The fourth-order valence-electron chi connectivity index (χ4n) is 2.22. The number of carboxylic acid groups (broad SMARTS) is 1. The third-order valence-electron chi connectivity index (χ3n) is 3.30. The molecule has 0 unspecified atom stereocenters. The van der Waals surface area contributed by atoms with E-state index in [0.29, 0.717) is 12.4 Å². The summed E-state index contributed by atoms with van der Waals surface area (Å²) in [5, 5.41) is 9.06. The molecule has 9 heteroatoms. The van der Waals surface area contributed by atoms with Crippen LogP contribution >= 0.6 is 0 Å². The van der Waals surface area contributed by atoms with E-state index in [9.17, 15) is 17.6 Å². The number of halogens is 1. The van der Waals surface area contributed by atoms with Crippen LogP contribution in [0.4, 0.5) is 10.1 Å². The number of rotatable bonds is 4. The van der Waals surface area contributed by atoms with Crippen molar-refractivity contribution in [1.82, 2.24) is 0 Å².